The lowest BCUT2D eigenvalue weighted by atomic mass is 10.1. The molecule has 0 atom stereocenters. The molecule has 132 valence electrons. The molecule has 2 aromatic heterocycles. The molecular formula is C19H19N5O2. The Labute approximate surface area is 152 Å². The number of hydrogen-bond acceptors (Lipinski definition) is 7. The Balaban J connectivity index is 0.00000140. The van der Waals surface area contributed by atoms with Crippen LogP contribution >= 0.6 is 0 Å². The fraction of sp³-hybridized carbons (Fsp3) is 0.0526. The summed E-state index contributed by atoms with van der Waals surface area (Å²) in [6.45, 7) is 0. The highest BCUT2D eigenvalue weighted by molar-refractivity contribution is 5.72. The summed E-state index contributed by atoms with van der Waals surface area (Å²) in [5.41, 5.74) is 8.54. The Morgan fingerprint density at radius 1 is 0.962 bits per heavy atom. The van der Waals surface area contributed by atoms with Gasteiger partial charge in [0, 0.05) is 14.0 Å². The zero-order valence-electron chi connectivity index (χ0n) is 14.0. The molecule has 0 spiro atoms. The molecular weight excluding hydrogens is 330 g/mol. The molecule has 2 heterocycles. The molecule has 0 unspecified atom stereocenters. The molecule has 0 bridgehead atoms. The molecule has 7 heteroatoms. The molecule has 0 aliphatic carbocycles. The number of ether oxygens (including phenoxy) is 1. The molecule has 4 aromatic rings. The van der Waals surface area contributed by atoms with Gasteiger partial charge in [-0.3, -0.25) is 0 Å². The fourth-order valence-electron chi connectivity index (χ4n) is 2.56. The first-order chi connectivity index (χ1) is 12.8. The summed E-state index contributed by atoms with van der Waals surface area (Å²) in [6.07, 6.45) is 1.59. The number of nitrogens with zero attached hydrogens (tertiary/aromatic N) is 4. The van der Waals surface area contributed by atoms with Crippen molar-refractivity contribution in [2.24, 2.45) is 0 Å². The van der Waals surface area contributed by atoms with Gasteiger partial charge in [0.15, 0.2) is 11.5 Å². The van der Waals surface area contributed by atoms with Gasteiger partial charge in [-0.15, -0.1) is 10.2 Å². The van der Waals surface area contributed by atoms with Crippen molar-refractivity contribution in [1.29, 1.82) is 0 Å². The van der Waals surface area contributed by atoms with Crippen LogP contribution in [0.25, 0.3) is 34.3 Å². The van der Waals surface area contributed by atoms with Crippen molar-refractivity contribution >= 4 is 5.82 Å². The molecule has 2 N–H and O–H groups in total. The maximum absolute atomic E-state index is 5.99. The predicted octanol–water partition coefficient (Wildman–Crippen LogP) is 3.94. The van der Waals surface area contributed by atoms with Gasteiger partial charge in [0.2, 0.25) is 5.89 Å². The second-order valence-electron chi connectivity index (χ2n) is 5.47. The van der Waals surface area contributed by atoms with Crippen molar-refractivity contribution < 1.29 is 12.0 Å². The summed E-state index contributed by atoms with van der Waals surface area (Å²) in [5, 5.41) is 8.15. The van der Waals surface area contributed by atoms with E-state index in [1.165, 1.54) is 0 Å². The molecule has 26 heavy (non-hydrogen) atoms. The number of aromatic nitrogens is 4. The highest BCUT2D eigenvalue weighted by Crippen LogP contribution is 2.31. The first kappa shape index (κ1) is 15.8. The number of nitrogens with two attached hydrogens (primary N) is 1. The zero-order chi connectivity index (χ0) is 17.9. The van der Waals surface area contributed by atoms with Gasteiger partial charge in [0.1, 0.15) is 5.75 Å². The molecule has 0 aliphatic heterocycles. The minimum Gasteiger partial charge on any atom is -0.496 e. The minimum absolute atomic E-state index is 0. The quantitative estimate of drug-likeness (QED) is 0.595. The van der Waals surface area contributed by atoms with Gasteiger partial charge in [0.25, 0.3) is 5.89 Å². The Morgan fingerprint density at radius 3 is 2.50 bits per heavy atom. The molecule has 0 fully saturated rings. The standard InChI is InChI=1S/C19H15N5O2.2H2/c1-25-15-10-6-5-9-13(15)14-11-21-17(20)16(22-14)19-24-23-18(26-19)12-7-3-2-4-8-12;;/h2-11H,1H3,(H2,20,21);2*1H. The van der Waals surface area contributed by atoms with Crippen LogP contribution in [0.15, 0.2) is 65.2 Å². The van der Waals surface area contributed by atoms with E-state index in [0.717, 1.165) is 11.1 Å². The van der Waals surface area contributed by atoms with Crippen molar-refractivity contribution in [3.63, 3.8) is 0 Å². The number of rotatable bonds is 4. The average molecular weight is 349 g/mol. The number of benzene rings is 2. The van der Waals surface area contributed by atoms with E-state index in [-0.39, 0.29) is 14.6 Å². The molecule has 2 aromatic carbocycles. The summed E-state index contributed by atoms with van der Waals surface area (Å²) in [7, 11) is 1.61. The highest BCUT2D eigenvalue weighted by Gasteiger charge is 2.17. The van der Waals surface area contributed by atoms with Crippen LogP contribution in [0.2, 0.25) is 0 Å². The summed E-state index contributed by atoms with van der Waals surface area (Å²) in [5.74, 6) is 1.51. The van der Waals surface area contributed by atoms with Gasteiger partial charge < -0.3 is 14.9 Å². The molecule has 4 rings (SSSR count). The first-order valence-electron chi connectivity index (χ1n) is 7.91. The number of anilines is 1. The van der Waals surface area contributed by atoms with E-state index in [1.807, 2.05) is 54.6 Å². The maximum atomic E-state index is 5.99. The summed E-state index contributed by atoms with van der Waals surface area (Å²) in [4.78, 5) is 8.79. The molecule has 7 nitrogen and oxygen atoms in total. The Morgan fingerprint density at radius 2 is 1.69 bits per heavy atom. The molecule has 0 saturated carbocycles. The topological polar surface area (TPSA) is 100.0 Å². The van der Waals surface area contributed by atoms with Crippen LogP contribution in [0.3, 0.4) is 0 Å². The van der Waals surface area contributed by atoms with Crippen molar-refractivity contribution in [1.82, 2.24) is 20.2 Å². The van der Waals surface area contributed by atoms with Crippen molar-refractivity contribution in [3.8, 4) is 40.0 Å². The van der Waals surface area contributed by atoms with Gasteiger partial charge in [0.05, 0.1) is 19.0 Å². The Hall–Kier alpha value is -3.74. The second kappa shape index (κ2) is 6.64. The third-order valence-corrected chi connectivity index (χ3v) is 3.83. The van der Waals surface area contributed by atoms with E-state index in [2.05, 4.69) is 20.2 Å². The largest absolute Gasteiger partial charge is 0.496 e. The van der Waals surface area contributed by atoms with E-state index in [9.17, 15) is 0 Å². The second-order valence-corrected chi connectivity index (χ2v) is 5.47. The van der Waals surface area contributed by atoms with Crippen molar-refractivity contribution in [3.05, 3.63) is 60.8 Å². The minimum atomic E-state index is 0. The van der Waals surface area contributed by atoms with Crippen LogP contribution < -0.4 is 10.5 Å². The van der Waals surface area contributed by atoms with Gasteiger partial charge in [-0.1, -0.05) is 30.3 Å². The fourth-order valence-corrected chi connectivity index (χ4v) is 2.56. The van der Waals surface area contributed by atoms with E-state index in [4.69, 9.17) is 14.9 Å². The monoisotopic (exact) mass is 349 g/mol. The smallest absolute Gasteiger partial charge is 0.270 e. The average Bonchev–Trinajstić information content (AvgIpc) is 3.19. The molecule has 0 saturated heterocycles. The lowest BCUT2D eigenvalue weighted by molar-refractivity contribution is 0.416. The lowest BCUT2D eigenvalue weighted by Crippen LogP contribution is -2.00. The van der Waals surface area contributed by atoms with Crippen molar-refractivity contribution in [2.75, 3.05) is 12.8 Å². The number of methoxy groups -OCH3 is 1. The summed E-state index contributed by atoms with van der Waals surface area (Å²) < 4.78 is 11.1. The zero-order valence-corrected chi connectivity index (χ0v) is 14.0. The molecule has 0 radical (unpaired) electrons. The first-order valence-corrected chi connectivity index (χ1v) is 7.91. The van der Waals surface area contributed by atoms with E-state index < -0.39 is 0 Å². The predicted molar refractivity (Wildman–Crippen MR) is 101 cm³/mol. The lowest BCUT2D eigenvalue weighted by Gasteiger charge is -2.08. The number of para-hydroxylation sites is 1. The summed E-state index contributed by atoms with van der Waals surface area (Å²) >= 11 is 0. The maximum Gasteiger partial charge on any atom is 0.270 e. The van der Waals surface area contributed by atoms with E-state index in [1.54, 1.807) is 13.3 Å². The highest BCUT2D eigenvalue weighted by atomic mass is 16.5. The third kappa shape index (κ3) is 2.86. The normalized spacial score (nSPS) is 10.7. The van der Waals surface area contributed by atoms with Crippen LogP contribution in [0, 0.1) is 0 Å². The van der Waals surface area contributed by atoms with E-state index in [0.29, 0.717) is 23.0 Å². The van der Waals surface area contributed by atoms with Gasteiger partial charge in [-0.2, -0.15) is 0 Å². The van der Waals surface area contributed by atoms with Gasteiger partial charge in [-0.25, -0.2) is 9.97 Å². The van der Waals surface area contributed by atoms with Crippen LogP contribution in [-0.2, 0) is 0 Å². The van der Waals surface area contributed by atoms with Crippen LogP contribution in [-0.4, -0.2) is 27.3 Å². The SMILES string of the molecule is COc1ccccc1-c1cnc(N)c(-c2nnc(-c3ccccc3)o2)n1.[HH].[HH]. The van der Waals surface area contributed by atoms with E-state index >= 15 is 0 Å². The number of nitrogen functional groups attached to an aromatic ring is 1. The Bertz CT molecular complexity index is 1060. The van der Waals surface area contributed by atoms with Crippen molar-refractivity contribution in [2.45, 2.75) is 0 Å². The molecule has 0 aliphatic rings. The van der Waals surface area contributed by atoms with Crippen LogP contribution in [0.1, 0.15) is 2.85 Å². The van der Waals surface area contributed by atoms with Gasteiger partial charge in [-0.05, 0) is 24.3 Å². The van der Waals surface area contributed by atoms with Crippen LogP contribution in [0.4, 0.5) is 5.82 Å². The van der Waals surface area contributed by atoms with Gasteiger partial charge >= 0.3 is 0 Å². The third-order valence-electron chi connectivity index (χ3n) is 3.83. The molecule has 0 amide bonds. The summed E-state index contributed by atoms with van der Waals surface area (Å²) in [6, 6.07) is 17.0. The number of hydrogen-bond donors (Lipinski definition) is 1. The Kier molecular flexibility index (Phi) is 4.03. The van der Waals surface area contributed by atoms with Crippen LogP contribution in [0.5, 0.6) is 5.75 Å².